The molecule has 1 aliphatic heterocycles. The molecule has 1 heterocycles. The molecule has 1 fully saturated rings. The van der Waals surface area contributed by atoms with Crippen molar-refractivity contribution >= 4 is 5.91 Å². The molecule has 0 spiro atoms. The molecule has 0 aromatic heterocycles. The molecule has 0 atom stereocenters. The lowest BCUT2D eigenvalue weighted by atomic mass is 9.96. The molecule has 0 bridgehead atoms. The fourth-order valence-electron chi connectivity index (χ4n) is 2.77. The number of nitrogens with one attached hydrogen (secondary N) is 1. The lowest BCUT2D eigenvalue weighted by Crippen LogP contribution is -2.41. The number of hydrogen-bond acceptors (Lipinski definition) is 3. The van der Waals surface area contributed by atoms with Gasteiger partial charge >= 0.3 is 0 Å². The summed E-state index contributed by atoms with van der Waals surface area (Å²) in [5.74, 6) is 0.443. The molecule has 4 heteroatoms. The largest absolute Gasteiger partial charge is 0.338 e. The summed E-state index contributed by atoms with van der Waals surface area (Å²) in [5, 5.41) is 12.1. The zero-order valence-electron chi connectivity index (χ0n) is 12.6. The predicted molar refractivity (Wildman–Crippen MR) is 82.5 cm³/mol. The number of nitriles is 1. The number of hydrogen-bond donors (Lipinski definition) is 1. The van der Waals surface area contributed by atoms with Crippen molar-refractivity contribution in [1.29, 1.82) is 5.26 Å². The summed E-state index contributed by atoms with van der Waals surface area (Å²) >= 11 is 0. The van der Waals surface area contributed by atoms with Crippen LogP contribution >= 0.6 is 0 Å². The van der Waals surface area contributed by atoms with E-state index in [4.69, 9.17) is 5.26 Å². The van der Waals surface area contributed by atoms with Gasteiger partial charge in [-0.05, 0) is 50.0 Å². The van der Waals surface area contributed by atoms with Gasteiger partial charge in [-0.15, -0.1) is 0 Å². The Balaban J connectivity index is 2.03. The zero-order valence-corrected chi connectivity index (χ0v) is 12.6. The van der Waals surface area contributed by atoms with Crippen LogP contribution < -0.4 is 5.32 Å². The average molecular weight is 285 g/mol. The van der Waals surface area contributed by atoms with E-state index in [1.807, 2.05) is 29.2 Å². The van der Waals surface area contributed by atoms with Crippen LogP contribution in [0.15, 0.2) is 24.3 Å². The van der Waals surface area contributed by atoms with Crippen LogP contribution in [0.2, 0.25) is 0 Å². The van der Waals surface area contributed by atoms with E-state index in [1.54, 1.807) is 0 Å². The molecule has 0 saturated carbocycles. The minimum atomic E-state index is 0.163. The topological polar surface area (TPSA) is 56.1 Å². The van der Waals surface area contributed by atoms with Crippen LogP contribution in [0.25, 0.3) is 0 Å². The highest BCUT2D eigenvalue weighted by Crippen LogP contribution is 2.17. The molecule has 1 N–H and O–H groups in total. The van der Waals surface area contributed by atoms with Crippen molar-refractivity contribution in [3.05, 3.63) is 35.4 Å². The normalized spacial score (nSPS) is 15.4. The van der Waals surface area contributed by atoms with Crippen molar-refractivity contribution in [2.24, 2.45) is 5.92 Å². The zero-order chi connectivity index (χ0) is 15.1. The standard InChI is InChI=1S/C17H23N3O/c1-2-11-20(17(21)16-7-9-19-10-8-16)13-15-5-3-14(12-18)4-6-15/h3-6,16,19H,2,7-11,13H2,1H3. The molecule has 0 radical (unpaired) electrons. The Morgan fingerprint density at radius 2 is 2.00 bits per heavy atom. The van der Waals surface area contributed by atoms with Crippen molar-refractivity contribution in [3.63, 3.8) is 0 Å². The number of carbonyl (C=O) groups is 1. The summed E-state index contributed by atoms with van der Waals surface area (Å²) in [6.45, 7) is 5.41. The van der Waals surface area contributed by atoms with Gasteiger partial charge in [0.2, 0.25) is 5.91 Å². The van der Waals surface area contributed by atoms with Crippen LogP contribution in [-0.2, 0) is 11.3 Å². The van der Waals surface area contributed by atoms with E-state index in [9.17, 15) is 4.79 Å². The summed E-state index contributed by atoms with van der Waals surface area (Å²) in [7, 11) is 0. The Morgan fingerprint density at radius 3 is 2.57 bits per heavy atom. The van der Waals surface area contributed by atoms with E-state index in [0.29, 0.717) is 12.1 Å². The van der Waals surface area contributed by atoms with Gasteiger partial charge in [0, 0.05) is 19.0 Å². The first-order valence-corrected chi connectivity index (χ1v) is 7.73. The van der Waals surface area contributed by atoms with Gasteiger partial charge < -0.3 is 10.2 Å². The highest BCUT2D eigenvalue weighted by atomic mass is 16.2. The van der Waals surface area contributed by atoms with Gasteiger partial charge in [0.25, 0.3) is 0 Å². The Morgan fingerprint density at radius 1 is 1.33 bits per heavy atom. The number of carbonyl (C=O) groups excluding carboxylic acids is 1. The number of piperidine rings is 1. The quantitative estimate of drug-likeness (QED) is 0.903. The second-order valence-electron chi connectivity index (χ2n) is 5.59. The van der Waals surface area contributed by atoms with Crippen molar-refractivity contribution in [2.45, 2.75) is 32.7 Å². The monoisotopic (exact) mass is 285 g/mol. The van der Waals surface area contributed by atoms with Crippen LogP contribution in [-0.4, -0.2) is 30.4 Å². The van der Waals surface area contributed by atoms with Crippen LogP contribution in [0.3, 0.4) is 0 Å². The van der Waals surface area contributed by atoms with Gasteiger partial charge in [0.05, 0.1) is 11.6 Å². The molecule has 1 aromatic carbocycles. The minimum Gasteiger partial charge on any atom is -0.338 e. The second kappa shape index (κ2) is 7.80. The van der Waals surface area contributed by atoms with E-state index >= 15 is 0 Å². The molecule has 2 rings (SSSR count). The van der Waals surface area contributed by atoms with Crippen molar-refractivity contribution in [2.75, 3.05) is 19.6 Å². The third-order valence-electron chi connectivity index (χ3n) is 3.95. The number of nitrogens with zero attached hydrogens (tertiary/aromatic N) is 2. The van der Waals surface area contributed by atoms with E-state index in [-0.39, 0.29) is 11.8 Å². The first-order chi connectivity index (χ1) is 10.2. The summed E-state index contributed by atoms with van der Waals surface area (Å²) in [4.78, 5) is 14.6. The Labute approximate surface area is 126 Å². The maximum Gasteiger partial charge on any atom is 0.226 e. The molecule has 21 heavy (non-hydrogen) atoms. The Hall–Kier alpha value is -1.86. The van der Waals surface area contributed by atoms with Crippen molar-refractivity contribution in [3.8, 4) is 6.07 Å². The molecule has 1 amide bonds. The van der Waals surface area contributed by atoms with Gasteiger partial charge in [-0.3, -0.25) is 4.79 Å². The number of amides is 1. The first-order valence-electron chi connectivity index (χ1n) is 7.73. The first kappa shape index (κ1) is 15.5. The third kappa shape index (κ3) is 4.30. The minimum absolute atomic E-state index is 0.163. The number of benzene rings is 1. The summed E-state index contributed by atoms with van der Waals surface area (Å²) in [6, 6.07) is 9.63. The smallest absolute Gasteiger partial charge is 0.226 e. The highest BCUT2D eigenvalue weighted by Gasteiger charge is 2.25. The Kier molecular flexibility index (Phi) is 5.77. The van der Waals surface area contributed by atoms with E-state index in [0.717, 1.165) is 44.5 Å². The summed E-state index contributed by atoms with van der Waals surface area (Å²) in [6.07, 6.45) is 2.84. The molecule has 1 aliphatic rings. The second-order valence-corrected chi connectivity index (χ2v) is 5.59. The maximum atomic E-state index is 12.7. The molecule has 1 saturated heterocycles. The number of rotatable bonds is 5. The third-order valence-corrected chi connectivity index (χ3v) is 3.95. The van der Waals surface area contributed by atoms with Crippen LogP contribution in [0.4, 0.5) is 0 Å². The highest BCUT2D eigenvalue weighted by molar-refractivity contribution is 5.79. The lowest BCUT2D eigenvalue weighted by Gasteiger charge is -2.29. The van der Waals surface area contributed by atoms with Gasteiger partial charge in [-0.25, -0.2) is 0 Å². The average Bonchev–Trinajstić information content (AvgIpc) is 2.55. The fraction of sp³-hybridized carbons (Fsp3) is 0.529. The molecule has 1 aromatic rings. The summed E-state index contributed by atoms with van der Waals surface area (Å²) < 4.78 is 0. The van der Waals surface area contributed by atoms with Crippen LogP contribution in [0.5, 0.6) is 0 Å². The molecular weight excluding hydrogens is 262 g/mol. The van der Waals surface area contributed by atoms with E-state index in [1.165, 1.54) is 0 Å². The van der Waals surface area contributed by atoms with Gasteiger partial charge in [0.1, 0.15) is 0 Å². The molecule has 0 aliphatic carbocycles. The molecule has 0 unspecified atom stereocenters. The van der Waals surface area contributed by atoms with E-state index in [2.05, 4.69) is 18.3 Å². The van der Waals surface area contributed by atoms with Crippen molar-refractivity contribution < 1.29 is 4.79 Å². The molecule has 4 nitrogen and oxygen atoms in total. The fourth-order valence-corrected chi connectivity index (χ4v) is 2.77. The summed E-state index contributed by atoms with van der Waals surface area (Å²) in [5.41, 5.74) is 1.75. The van der Waals surface area contributed by atoms with Crippen LogP contribution in [0.1, 0.15) is 37.3 Å². The van der Waals surface area contributed by atoms with Gasteiger partial charge in [-0.2, -0.15) is 5.26 Å². The SMILES string of the molecule is CCCN(Cc1ccc(C#N)cc1)C(=O)C1CCNCC1. The lowest BCUT2D eigenvalue weighted by molar-refractivity contribution is -0.137. The van der Waals surface area contributed by atoms with Gasteiger partial charge in [0.15, 0.2) is 0 Å². The maximum absolute atomic E-state index is 12.7. The molecule has 112 valence electrons. The van der Waals surface area contributed by atoms with E-state index < -0.39 is 0 Å². The Bertz CT molecular complexity index is 498. The van der Waals surface area contributed by atoms with Gasteiger partial charge in [-0.1, -0.05) is 19.1 Å². The van der Waals surface area contributed by atoms with Crippen LogP contribution in [0, 0.1) is 17.2 Å². The molecular formula is C17H23N3O. The predicted octanol–water partition coefficient (Wildman–Crippen LogP) is 2.30. The van der Waals surface area contributed by atoms with Crippen molar-refractivity contribution in [1.82, 2.24) is 10.2 Å².